The summed E-state index contributed by atoms with van der Waals surface area (Å²) in [6.07, 6.45) is 5.60. The van der Waals surface area contributed by atoms with Crippen molar-refractivity contribution in [3.8, 4) is 0 Å². The van der Waals surface area contributed by atoms with Crippen molar-refractivity contribution < 1.29 is 24.3 Å². The number of carboxylic acids is 1. The summed E-state index contributed by atoms with van der Waals surface area (Å²) in [4.78, 5) is 62.6. The highest BCUT2D eigenvalue weighted by Crippen LogP contribution is 2.19. The molecule has 8 N–H and O–H groups in total. The zero-order valence-electron chi connectivity index (χ0n) is 24.7. The van der Waals surface area contributed by atoms with E-state index in [1.54, 1.807) is 18.3 Å². The third-order valence-electron chi connectivity index (χ3n) is 7.80. The third kappa shape index (κ3) is 8.32. The van der Waals surface area contributed by atoms with Gasteiger partial charge in [0.25, 0.3) is 0 Å². The van der Waals surface area contributed by atoms with E-state index in [2.05, 4.69) is 30.9 Å². The van der Waals surface area contributed by atoms with Crippen LogP contribution in [-0.2, 0) is 38.4 Å². The van der Waals surface area contributed by atoms with E-state index in [9.17, 15) is 24.3 Å². The lowest BCUT2D eigenvalue weighted by Crippen LogP contribution is -2.58. The highest BCUT2D eigenvalue weighted by molar-refractivity contribution is 5.94. The Balaban J connectivity index is 1.55. The van der Waals surface area contributed by atoms with E-state index in [0.29, 0.717) is 12.1 Å². The molecule has 2 aromatic carbocycles. The van der Waals surface area contributed by atoms with Crippen LogP contribution in [0.3, 0.4) is 0 Å². The molecule has 0 aliphatic carbocycles. The van der Waals surface area contributed by atoms with Gasteiger partial charge in [-0.3, -0.25) is 14.4 Å². The van der Waals surface area contributed by atoms with Gasteiger partial charge in [0, 0.05) is 48.3 Å². The number of carbonyl (C=O) groups excluding carboxylic acids is 3. The number of aliphatic carboxylic acids is 1. The number of aromatic nitrogens is 3. The molecule has 0 aliphatic rings. The molecule has 0 bridgehead atoms. The van der Waals surface area contributed by atoms with Crippen molar-refractivity contribution >= 4 is 34.6 Å². The van der Waals surface area contributed by atoms with Crippen LogP contribution in [0, 0.1) is 5.92 Å². The first-order valence-electron chi connectivity index (χ1n) is 14.6. The lowest BCUT2D eigenvalue weighted by molar-refractivity contribution is -0.142. The van der Waals surface area contributed by atoms with Crippen molar-refractivity contribution in [2.45, 2.75) is 63.7 Å². The lowest BCUT2D eigenvalue weighted by Gasteiger charge is -2.26. The van der Waals surface area contributed by atoms with Gasteiger partial charge in [-0.05, 0) is 23.1 Å². The maximum atomic E-state index is 13.7. The topological polar surface area (TPSA) is 195 Å². The molecule has 12 nitrogen and oxygen atoms in total. The molecule has 5 atom stereocenters. The normalized spacial score (nSPS) is 14.6. The molecule has 4 aromatic rings. The fraction of sp³-hybridized carbons (Fsp3) is 0.344. The molecular weight excluding hydrogens is 562 g/mol. The fourth-order valence-electron chi connectivity index (χ4n) is 4.93. The number of hydrogen-bond acceptors (Lipinski definition) is 6. The number of nitrogens with two attached hydrogens (primary N) is 1. The number of rotatable bonds is 15. The summed E-state index contributed by atoms with van der Waals surface area (Å²) in [5, 5.41) is 19.0. The Kier molecular flexibility index (Phi) is 10.9. The van der Waals surface area contributed by atoms with Crippen LogP contribution in [0.1, 0.15) is 37.1 Å². The smallest absolute Gasteiger partial charge is 0.326 e. The van der Waals surface area contributed by atoms with Gasteiger partial charge in [0.15, 0.2) is 0 Å². The number of benzene rings is 2. The number of hydrogen-bond donors (Lipinski definition) is 7. The number of amides is 3. The molecule has 0 radical (unpaired) electrons. The molecule has 0 aliphatic heterocycles. The number of H-pyrrole nitrogens is 2. The Morgan fingerprint density at radius 1 is 0.841 bits per heavy atom. The molecule has 0 saturated heterocycles. The molecule has 0 fully saturated rings. The van der Waals surface area contributed by atoms with Gasteiger partial charge in [-0.25, -0.2) is 9.78 Å². The Labute approximate surface area is 255 Å². The summed E-state index contributed by atoms with van der Waals surface area (Å²) >= 11 is 0. The van der Waals surface area contributed by atoms with Crippen molar-refractivity contribution in [1.29, 1.82) is 0 Å². The zero-order chi connectivity index (χ0) is 31.6. The second-order valence-corrected chi connectivity index (χ2v) is 11.0. The first kappa shape index (κ1) is 32.0. The van der Waals surface area contributed by atoms with Gasteiger partial charge in [-0.1, -0.05) is 68.8 Å². The first-order chi connectivity index (χ1) is 21.2. The molecule has 2 heterocycles. The molecule has 5 unspecified atom stereocenters. The van der Waals surface area contributed by atoms with Gasteiger partial charge in [-0.15, -0.1) is 0 Å². The van der Waals surface area contributed by atoms with Crippen LogP contribution < -0.4 is 21.7 Å². The van der Waals surface area contributed by atoms with E-state index < -0.39 is 47.9 Å². The Morgan fingerprint density at radius 3 is 2.14 bits per heavy atom. The molecular formula is C32H39N7O5. The first-order valence-corrected chi connectivity index (χ1v) is 14.6. The molecule has 0 spiro atoms. The minimum absolute atomic E-state index is 0.0309. The second kappa shape index (κ2) is 15.0. The third-order valence-corrected chi connectivity index (χ3v) is 7.80. The van der Waals surface area contributed by atoms with Gasteiger partial charge in [-0.2, -0.15) is 0 Å². The van der Waals surface area contributed by atoms with Crippen LogP contribution >= 0.6 is 0 Å². The van der Waals surface area contributed by atoms with Crippen molar-refractivity contribution in [3.63, 3.8) is 0 Å². The number of carbonyl (C=O) groups is 4. The number of nitrogens with one attached hydrogen (secondary N) is 5. The van der Waals surface area contributed by atoms with E-state index in [0.717, 1.165) is 22.0 Å². The van der Waals surface area contributed by atoms with Gasteiger partial charge in [0.2, 0.25) is 17.7 Å². The van der Waals surface area contributed by atoms with Crippen LogP contribution in [0.15, 0.2) is 73.3 Å². The van der Waals surface area contributed by atoms with Gasteiger partial charge < -0.3 is 36.8 Å². The van der Waals surface area contributed by atoms with Crippen molar-refractivity contribution in [2.24, 2.45) is 11.7 Å². The van der Waals surface area contributed by atoms with E-state index in [1.807, 2.05) is 56.3 Å². The van der Waals surface area contributed by atoms with E-state index in [-0.39, 0.29) is 25.2 Å². The summed E-state index contributed by atoms with van der Waals surface area (Å²) in [6.45, 7) is 3.77. The van der Waals surface area contributed by atoms with E-state index in [1.165, 1.54) is 12.5 Å². The lowest BCUT2D eigenvalue weighted by atomic mass is 9.98. The maximum absolute atomic E-state index is 13.7. The molecule has 4 rings (SSSR count). The summed E-state index contributed by atoms with van der Waals surface area (Å²) in [5.41, 5.74) is 9.07. The molecule has 0 saturated carbocycles. The molecule has 2 aromatic heterocycles. The van der Waals surface area contributed by atoms with Crippen molar-refractivity contribution in [1.82, 2.24) is 30.9 Å². The standard InChI is InChI=1S/C32H39N7O5/c1-3-19(2)28(33)31(42)38-26(15-22-17-34-18-36-22)30(41)37-25(13-20-9-5-4-6-10-20)29(40)39-27(32(43)44)14-21-16-35-24-12-8-7-11-23(21)24/h4-12,16-19,25-28,35H,3,13-15,33H2,1-2H3,(H,34,36)(H,37,41)(H,38,42)(H,39,40)(H,43,44). The van der Waals surface area contributed by atoms with Gasteiger partial charge in [0.05, 0.1) is 12.4 Å². The Morgan fingerprint density at radius 2 is 1.48 bits per heavy atom. The predicted octanol–water partition coefficient (Wildman–Crippen LogP) is 1.83. The number of imidazole rings is 1. The largest absolute Gasteiger partial charge is 0.480 e. The molecule has 12 heteroatoms. The van der Waals surface area contributed by atoms with Crippen LogP contribution in [0.25, 0.3) is 10.9 Å². The fourth-order valence-corrected chi connectivity index (χ4v) is 4.93. The zero-order valence-corrected chi connectivity index (χ0v) is 24.7. The van der Waals surface area contributed by atoms with Crippen molar-refractivity contribution in [2.75, 3.05) is 0 Å². The van der Waals surface area contributed by atoms with Crippen LogP contribution in [-0.4, -0.2) is 67.9 Å². The monoisotopic (exact) mass is 601 g/mol. The Bertz CT molecular complexity index is 1550. The highest BCUT2D eigenvalue weighted by atomic mass is 16.4. The highest BCUT2D eigenvalue weighted by Gasteiger charge is 2.32. The number of nitrogens with zero attached hydrogens (tertiary/aromatic N) is 1. The van der Waals surface area contributed by atoms with Crippen LogP contribution in [0.2, 0.25) is 0 Å². The summed E-state index contributed by atoms with van der Waals surface area (Å²) in [7, 11) is 0. The number of carboxylic acid groups (broad SMARTS) is 1. The number of fused-ring (bicyclic) bond motifs is 1. The molecule has 44 heavy (non-hydrogen) atoms. The minimum Gasteiger partial charge on any atom is -0.480 e. The van der Waals surface area contributed by atoms with E-state index >= 15 is 0 Å². The second-order valence-electron chi connectivity index (χ2n) is 11.0. The molecule has 232 valence electrons. The summed E-state index contributed by atoms with van der Waals surface area (Å²) in [6, 6.07) is 12.2. The average molecular weight is 602 g/mol. The van der Waals surface area contributed by atoms with E-state index in [4.69, 9.17) is 5.73 Å². The number of para-hydroxylation sites is 1. The van der Waals surface area contributed by atoms with Gasteiger partial charge in [0.1, 0.15) is 18.1 Å². The molecule has 3 amide bonds. The van der Waals surface area contributed by atoms with Gasteiger partial charge >= 0.3 is 5.97 Å². The predicted molar refractivity (Wildman–Crippen MR) is 165 cm³/mol. The SMILES string of the molecule is CCC(C)C(N)C(=O)NC(Cc1cnc[nH]1)C(=O)NC(Cc1ccccc1)C(=O)NC(Cc1c[nH]c2ccccc12)C(=O)O. The summed E-state index contributed by atoms with van der Waals surface area (Å²) < 4.78 is 0. The summed E-state index contributed by atoms with van der Waals surface area (Å²) in [5.74, 6) is -3.11. The average Bonchev–Trinajstić information content (AvgIpc) is 3.69. The number of aromatic amines is 2. The quantitative estimate of drug-likeness (QED) is 0.108. The van der Waals surface area contributed by atoms with Crippen LogP contribution in [0.5, 0.6) is 0 Å². The Hall–Kier alpha value is -4.97. The van der Waals surface area contributed by atoms with Crippen LogP contribution in [0.4, 0.5) is 0 Å². The maximum Gasteiger partial charge on any atom is 0.326 e. The van der Waals surface area contributed by atoms with Crippen molar-refractivity contribution in [3.05, 3.63) is 90.1 Å². The minimum atomic E-state index is -1.26.